The van der Waals surface area contributed by atoms with Gasteiger partial charge in [-0.15, -0.1) is 0 Å². The van der Waals surface area contributed by atoms with E-state index >= 15 is 0 Å². The number of hydrogen-bond acceptors (Lipinski definition) is 2. The molecule has 1 saturated carbocycles. The first-order valence-electron chi connectivity index (χ1n) is 6.53. The predicted molar refractivity (Wildman–Crippen MR) is 80.6 cm³/mol. The molecule has 0 bridgehead atoms. The van der Waals surface area contributed by atoms with Crippen LogP contribution in [0.2, 0.25) is 10.0 Å². The minimum atomic E-state index is -0.789. The molecule has 4 heteroatoms. The molecule has 1 aliphatic rings. The lowest BCUT2D eigenvalue weighted by molar-refractivity contribution is 0.219. The first-order valence-corrected chi connectivity index (χ1v) is 7.29. The topological polar surface area (TPSA) is 29.5 Å². The van der Waals surface area contributed by atoms with Gasteiger partial charge in [-0.05, 0) is 42.7 Å². The van der Waals surface area contributed by atoms with Crippen LogP contribution in [0.5, 0.6) is 5.75 Å². The molecule has 1 atom stereocenters. The molecule has 0 spiro atoms. The van der Waals surface area contributed by atoms with Crippen LogP contribution in [0.15, 0.2) is 42.5 Å². The van der Waals surface area contributed by atoms with E-state index in [0.29, 0.717) is 21.7 Å². The molecule has 1 unspecified atom stereocenters. The molecule has 2 aromatic rings. The van der Waals surface area contributed by atoms with Crippen molar-refractivity contribution < 1.29 is 9.84 Å². The van der Waals surface area contributed by atoms with Crippen LogP contribution in [0.1, 0.15) is 30.1 Å². The van der Waals surface area contributed by atoms with E-state index in [1.165, 1.54) is 0 Å². The first kappa shape index (κ1) is 13.7. The predicted octanol–water partition coefficient (Wildman–Crippen LogP) is 4.62. The van der Waals surface area contributed by atoms with Crippen molar-refractivity contribution in [1.29, 1.82) is 0 Å². The Kier molecular flexibility index (Phi) is 3.88. The summed E-state index contributed by atoms with van der Waals surface area (Å²) >= 11 is 12.0. The van der Waals surface area contributed by atoms with Gasteiger partial charge in [0, 0.05) is 15.6 Å². The van der Waals surface area contributed by atoms with Crippen LogP contribution in [0.4, 0.5) is 0 Å². The number of rotatable bonds is 4. The second kappa shape index (κ2) is 5.65. The summed E-state index contributed by atoms with van der Waals surface area (Å²) in [7, 11) is 0. The van der Waals surface area contributed by atoms with Gasteiger partial charge in [0.25, 0.3) is 0 Å². The molecule has 1 aliphatic carbocycles. The fourth-order valence-corrected chi connectivity index (χ4v) is 2.55. The van der Waals surface area contributed by atoms with Crippen LogP contribution in [-0.4, -0.2) is 11.2 Å². The average Bonchev–Trinajstić information content (AvgIpc) is 3.22. The summed E-state index contributed by atoms with van der Waals surface area (Å²) in [5, 5.41) is 11.5. The van der Waals surface area contributed by atoms with E-state index in [2.05, 4.69) is 0 Å². The fourth-order valence-electron chi connectivity index (χ4n) is 2.04. The van der Waals surface area contributed by atoms with Gasteiger partial charge < -0.3 is 9.84 Å². The normalized spacial score (nSPS) is 15.9. The third-order valence-corrected chi connectivity index (χ3v) is 3.82. The van der Waals surface area contributed by atoms with Crippen molar-refractivity contribution >= 4 is 23.2 Å². The van der Waals surface area contributed by atoms with Gasteiger partial charge in [-0.1, -0.05) is 41.4 Å². The van der Waals surface area contributed by atoms with Crippen molar-refractivity contribution in [2.75, 3.05) is 0 Å². The third kappa shape index (κ3) is 3.09. The molecule has 0 saturated heterocycles. The summed E-state index contributed by atoms with van der Waals surface area (Å²) in [5.74, 6) is 0.786. The molecular weight excluding hydrogens is 295 g/mol. The lowest BCUT2D eigenvalue weighted by Crippen LogP contribution is -2.02. The molecular formula is C16H14Cl2O2. The Balaban J connectivity index is 1.86. The molecule has 1 fully saturated rings. The quantitative estimate of drug-likeness (QED) is 0.893. The summed E-state index contributed by atoms with van der Waals surface area (Å²) < 4.78 is 5.74. The second-order valence-electron chi connectivity index (χ2n) is 4.96. The van der Waals surface area contributed by atoms with Gasteiger partial charge in [-0.25, -0.2) is 0 Å². The molecule has 20 heavy (non-hydrogen) atoms. The molecule has 0 radical (unpaired) electrons. The zero-order valence-electron chi connectivity index (χ0n) is 10.7. The van der Waals surface area contributed by atoms with Crippen molar-refractivity contribution in [3.8, 4) is 5.75 Å². The van der Waals surface area contributed by atoms with Crippen LogP contribution in [0, 0.1) is 0 Å². The van der Waals surface area contributed by atoms with Gasteiger partial charge in [-0.3, -0.25) is 0 Å². The van der Waals surface area contributed by atoms with Gasteiger partial charge in [0.15, 0.2) is 0 Å². The van der Waals surface area contributed by atoms with E-state index in [-0.39, 0.29) is 0 Å². The third-order valence-electron chi connectivity index (χ3n) is 3.26. The zero-order valence-corrected chi connectivity index (χ0v) is 12.2. The molecule has 0 heterocycles. The molecule has 3 rings (SSSR count). The van der Waals surface area contributed by atoms with Gasteiger partial charge in [0.2, 0.25) is 0 Å². The molecule has 1 N–H and O–H groups in total. The van der Waals surface area contributed by atoms with Gasteiger partial charge >= 0.3 is 0 Å². The summed E-state index contributed by atoms with van der Waals surface area (Å²) in [6, 6.07) is 12.6. The number of ether oxygens (including phenoxy) is 1. The van der Waals surface area contributed by atoms with E-state index in [0.717, 1.165) is 24.2 Å². The summed E-state index contributed by atoms with van der Waals surface area (Å²) in [6.45, 7) is 0. The largest absolute Gasteiger partial charge is 0.490 e. The highest BCUT2D eigenvalue weighted by atomic mass is 35.5. The monoisotopic (exact) mass is 308 g/mol. The fraction of sp³-hybridized carbons (Fsp3) is 0.250. The van der Waals surface area contributed by atoms with Crippen molar-refractivity contribution in [2.45, 2.75) is 25.0 Å². The maximum atomic E-state index is 10.5. The molecule has 0 amide bonds. The van der Waals surface area contributed by atoms with E-state index in [1.54, 1.807) is 18.2 Å². The number of aliphatic hydroxyl groups is 1. The van der Waals surface area contributed by atoms with Crippen molar-refractivity contribution in [2.24, 2.45) is 0 Å². The zero-order chi connectivity index (χ0) is 14.1. The minimum absolute atomic E-state index is 0.335. The molecule has 2 nitrogen and oxygen atoms in total. The lowest BCUT2D eigenvalue weighted by Gasteiger charge is -2.14. The summed E-state index contributed by atoms with van der Waals surface area (Å²) in [5.41, 5.74) is 1.40. The highest BCUT2D eigenvalue weighted by Gasteiger charge is 2.24. The molecule has 0 aliphatic heterocycles. The van der Waals surface area contributed by atoms with Crippen molar-refractivity contribution in [3.05, 3.63) is 63.6 Å². The van der Waals surface area contributed by atoms with Crippen LogP contribution in [-0.2, 0) is 0 Å². The number of aliphatic hydroxyl groups excluding tert-OH is 1. The number of hydrogen-bond donors (Lipinski definition) is 1. The lowest BCUT2D eigenvalue weighted by atomic mass is 10.0. The van der Waals surface area contributed by atoms with Gasteiger partial charge in [0.1, 0.15) is 11.9 Å². The highest BCUT2D eigenvalue weighted by Crippen LogP contribution is 2.33. The van der Waals surface area contributed by atoms with Crippen LogP contribution in [0.25, 0.3) is 0 Å². The Bertz CT molecular complexity index is 624. The Labute approximate surface area is 127 Å². The van der Waals surface area contributed by atoms with Crippen LogP contribution in [0.3, 0.4) is 0 Å². The molecule has 104 valence electrons. The smallest absolute Gasteiger partial charge is 0.120 e. The maximum absolute atomic E-state index is 10.5. The Hall–Kier alpha value is -1.22. The molecule has 0 aromatic heterocycles. The maximum Gasteiger partial charge on any atom is 0.120 e. The van der Waals surface area contributed by atoms with Gasteiger partial charge in [0.05, 0.1) is 6.10 Å². The van der Waals surface area contributed by atoms with Crippen molar-refractivity contribution in [1.82, 2.24) is 0 Å². The summed E-state index contributed by atoms with van der Waals surface area (Å²) in [4.78, 5) is 0. The highest BCUT2D eigenvalue weighted by molar-refractivity contribution is 6.35. The van der Waals surface area contributed by atoms with E-state index < -0.39 is 6.10 Å². The van der Waals surface area contributed by atoms with Crippen LogP contribution >= 0.6 is 23.2 Å². The van der Waals surface area contributed by atoms with Crippen LogP contribution < -0.4 is 4.74 Å². The first-order chi connectivity index (χ1) is 9.63. The Morgan fingerprint density at radius 1 is 1.10 bits per heavy atom. The Morgan fingerprint density at radius 3 is 2.60 bits per heavy atom. The van der Waals surface area contributed by atoms with E-state index in [4.69, 9.17) is 27.9 Å². The van der Waals surface area contributed by atoms with Crippen molar-refractivity contribution in [3.63, 3.8) is 0 Å². The number of halogens is 2. The minimum Gasteiger partial charge on any atom is -0.490 e. The second-order valence-corrected chi connectivity index (χ2v) is 5.80. The Morgan fingerprint density at radius 2 is 1.90 bits per heavy atom. The SMILES string of the molecule is OC(c1cccc(OC2CC2)c1)c1ccc(Cl)cc1Cl. The number of benzene rings is 2. The average molecular weight is 309 g/mol. The summed E-state index contributed by atoms with van der Waals surface area (Å²) in [6.07, 6.45) is 1.76. The standard InChI is InChI=1S/C16H14Cl2O2/c17-11-4-7-14(15(18)9-11)16(19)10-2-1-3-13(8-10)20-12-5-6-12/h1-4,7-9,12,16,19H,5-6H2. The van der Waals surface area contributed by atoms with E-state index in [9.17, 15) is 5.11 Å². The van der Waals surface area contributed by atoms with Gasteiger partial charge in [-0.2, -0.15) is 0 Å². The van der Waals surface area contributed by atoms with E-state index in [1.807, 2.05) is 24.3 Å². The molecule has 2 aromatic carbocycles.